The molecule has 0 aromatic heterocycles. The summed E-state index contributed by atoms with van der Waals surface area (Å²) in [6.45, 7) is -5.73. The molecular formula is C17H20. The van der Waals surface area contributed by atoms with Crippen LogP contribution in [-0.2, 0) is 6.37 Å². The minimum absolute atomic E-state index is 0.0109. The van der Waals surface area contributed by atoms with Gasteiger partial charge in [0.1, 0.15) is 0 Å². The molecule has 2 rings (SSSR count). The van der Waals surface area contributed by atoms with Crippen LogP contribution >= 0.6 is 0 Å². The number of rotatable bonds is 3. The molecule has 17 heavy (non-hydrogen) atoms. The monoisotopic (exact) mass is 238 g/mol. The summed E-state index contributed by atoms with van der Waals surface area (Å²) in [6.07, 6.45) is -3.21. The maximum absolute atomic E-state index is 8.42. The zero-order valence-electron chi connectivity index (χ0n) is 23.2. The molecule has 0 nitrogen and oxygen atoms in total. The van der Waals surface area contributed by atoms with Crippen LogP contribution in [0.5, 0.6) is 0 Å². The van der Waals surface area contributed by atoms with Crippen LogP contribution in [-0.4, -0.2) is 0 Å². The summed E-state index contributed by atoms with van der Waals surface area (Å²) in [5.41, 5.74) is -0.688. The number of benzene rings is 2. The van der Waals surface area contributed by atoms with E-state index in [9.17, 15) is 0 Å². The second-order valence-corrected chi connectivity index (χ2v) is 3.48. The zero-order valence-corrected chi connectivity index (χ0v) is 9.23. The Kier molecular flexibility index (Phi) is 1.06. The lowest BCUT2D eigenvalue weighted by Gasteiger charge is -2.13. The molecule has 0 heteroatoms. The molecule has 0 aliphatic rings. The van der Waals surface area contributed by atoms with E-state index >= 15 is 0 Å². The third-order valence-electron chi connectivity index (χ3n) is 2.36. The van der Waals surface area contributed by atoms with Gasteiger partial charge in [-0.05, 0) is 41.4 Å². The topological polar surface area (TPSA) is 0 Å². The zero-order chi connectivity index (χ0) is 24.3. The summed E-state index contributed by atoms with van der Waals surface area (Å²) < 4.78 is 110. The molecule has 0 aliphatic carbocycles. The molecule has 0 atom stereocenters. The van der Waals surface area contributed by atoms with Crippen LogP contribution < -0.4 is 0 Å². The Bertz CT molecular complexity index is 972. The Morgan fingerprint density at radius 1 is 1.29 bits per heavy atom. The van der Waals surface area contributed by atoms with E-state index in [4.69, 9.17) is 19.2 Å². The van der Waals surface area contributed by atoms with Crippen molar-refractivity contribution in [2.75, 3.05) is 0 Å². The highest BCUT2D eigenvalue weighted by Crippen LogP contribution is 2.26. The lowest BCUT2D eigenvalue weighted by Crippen LogP contribution is -1.98. The molecular weight excluding hydrogens is 204 g/mol. The van der Waals surface area contributed by atoms with Crippen molar-refractivity contribution >= 4 is 0 Å². The molecule has 0 bridgehead atoms. The highest BCUT2D eigenvalue weighted by molar-refractivity contribution is 5.68. The van der Waals surface area contributed by atoms with Gasteiger partial charge >= 0.3 is 0 Å². The van der Waals surface area contributed by atoms with Crippen molar-refractivity contribution in [3.8, 4) is 11.1 Å². The quantitative estimate of drug-likeness (QED) is 0.716. The summed E-state index contributed by atoms with van der Waals surface area (Å²) in [5, 5.41) is 0. The van der Waals surface area contributed by atoms with Gasteiger partial charge in [0.2, 0.25) is 0 Å². The Morgan fingerprint density at radius 2 is 2.06 bits per heavy atom. The Labute approximate surface area is 124 Å². The van der Waals surface area contributed by atoms with E-state index in [2.05, 4.69) is 0 Å². The summed E-state index contributed by atoms with van der Waals surface area (Å²) in [4.78, 5) is 0. The highest BCUT2D eigenvalue weighted by Gasteiger charge is 2.06. The molecule has 0 unspecified atom stereocenters. The fourth-order valence-electron chi connectivity index (χ4n) is 1.56. The largest absolute Gasteiger partial charge is 0.0629 e. The van der Waals surface area contributed by atoms with E-state index in [0.29, 0.717) is 0 Å². The van der Waals surface area contributed by atoms with Crippen molar-refractivity contribution < 1.29 is 19.2 Å². The normalized spacial score (nSPS) is 25.7. The molecule has 0 fully saturated rings. The van der Waals surface area contributed by atoms with Gasteiger partial charge in [-0.2, -0.15) is 0 Å². The van der Waals surface area contributed by atoms with Crippen molar-refractivity contribution in [2.24, 2.45) is 5.89 Å². The van der Waals surface area contributed by atoms with Gasteiger partial charge in [-0.15, -0.1) is 0 Å². The predicted molar refractivity (Wildman–Crippen MR) is 75.2 cm³/mol. The van der Waals surface area contributed by atoms with Crippen LogP contribution in [0.4, 0.5) is 0 Å². The minimum atomic E-state index is -3.53. The number of hydrogen-bond acceptors (Lipinski definition) is 0. The molecule has 0 heterocycles. The van der Waals surface area contributed by atoms with Crippen molar-refractivity contribution in [2.45, 2.75) is 27.0 Å². The molecule has 0 saturated heterocycles. The first-order valence-corrected chi connectivity index (χ1v) is 4.99. The van der Waals surface area contributed by atoms with E-state index in [1.807, 2.05) is 0 Å². The van der Waals surface area contributed by atoms with Gasteiger partial charge < -0.3 is 0 Å². The standard InChI is InChI=1S/C17H20/c1-13(2)12-16-10-7-11-17(14(16)3)15-8-5-4-6-9-15/h4-11,13H,12H2,1-3H3/i1D3,2D3,4D,5D,6D,8D,9D,12D2,13D. The molecule has 88 valence electrons. The predicted octanol–water partition coefficient (Wildman–Crippen LogP) is 4.86. The van der Waals surface area contributed by atoms with E-state index in [0.717, 1.165) is 6.07 Å². The average Bonchev–Trinajstić information content (AvgIpc) is 2.63. The van der Waals surface area contributed by atoms with Crippen molar-refractivity contribution in [3.63, 3.8) is 0 Å². The van der Waals surface area contributed by atoms with Crippen LogP contribution in [0.3, 0.4) is 0 Å². The molecule has 0 N–H and O–H groups in total. The first-order valence-electron chi connectivity index (χ1n) is 12.0. The van der Waals surface area contributed by atoms with E-state index < -0.39 is 61.7 Å². The van der Waals surface area contributed by atoms with Gasteiger partial charge in [-0.3, -0.25) is 0 Å². The van der Waals surface area contributed by atoms with Crippen LogP contribution in [0.15, 0.2) is 48.4 Å². The molecule has 0 saturated carbocycles. The fourth-order valence-corrected chi connectivity index (χ4v) is 1.56. The maximum atomic E-state index is 8.42. The summed E-state index contributed by atoms with van der Waals surface area (Å²) in [5.74, 6) is -3.53. The minimum Gasteiger partial charge on any atom is -0.0625 e. The van der Waals surface area contributed by atoms with Crippen LogP contribution in [0.2, 0.25) is 0 Å². The number of hydrogen-bond donors (Lipinski definition) is 0. The molecule has 0 spiro atoms. The van der Waals surface area contributed by atoms with Crippen LogP contribution in [0.1, 0.15) is 44.0 Å². The third-order valence-corrected chi connectivity index (χ3v) is 2.36. The molecule has 2 aromatic carbocycles. The maximum Gasteiger partial charge on any atom is 0.0629 e. The lowest BCUT2D eigenvalue weighted by molar-refractivity contribution is 0.645. The van der Waals surface area contributed by atoms with Crippen molar-refractivity contribution in [1.82, 2.24) is 0 Å². The van der Waals surface area contributed by atoms with Gasteiger partial charge in [0, 0.05) is 12.3 Å². The average molecular weight is 238 g/mol. The molecule has 2 aromatic rings. The third kappa shape index (κ3) is 2.76. The Balaban J connectivity index is 2.91. The van der Waals surface area contributed by atoms with Gasteiger partial charge in [0.15, 0.2) is 0 Å². The van der Waals surface area contributed by atoms with E-state index in [-0.39, 0.29) is 16.7 Å². The second kappa shape index (κ2) is 5.18. The molecule has 0 aliphatic heterocycles. The van der Waals surface area contributed by atoms with Gasteiger partial charge in [-0.1, -0.05) is 62.1 Å². The van der Waals surface area contributed by atoms with Crippen LogP contribution in [0.25, 0.3) is 11.1 Å². The smallest absolute Gasteiger partial charge is 0.0625 e. The Morgan fingerprint density at radius 3 is 2.76 bits per heavy atom. The fraction of sp³-hybridized carbons (Fsp3) is 0.294. The van der Waals surface area contributed by atoms with Gasteiger partial charge in [0.05, 0.1) is 6.85 Å². The molecule has 0 amide bonds. The van der Waals surface area contributed by atoms with E-state index in [1.54, 1.807) is 0 Å². The lowest BCUT2D eigenvalue weighted by atomic mass is 9.92. The Hall–Kier alpha value is -1.56. The molecule has 0 radical (unpaired) electrons. The van der Waals surface area contributed by atoms with Crippen molar-refractivity contribution in [3.05, 3.63) is 59.5 Å². The summed E-state index contributed by atoms with van der Waals surface area (Å²) in [7, 11) is 0. The summed E-state index contributed by atoms with van der Waals surface area (Å²) >= 11 is 0. The van der Waals surface area contributed by atoms with E-state index in [1.165, 1.54) is 19.1 Å². The van der Waals surface area contributed by atoms with Gasteiger partial charge in [-0.25, -0.2) is 0 Å². The first kappa shape index (κ1) is 3.47. The second-order valence-electron chi connectivity index (χ2n) is 3.48. The SMILES string of the molecule is [2H]c1c([2H])c([2H])c(-c2cccc(C([2H])([2H])C([2H])(C([2H])([2H])[2H])C([2H])([2H])[2H])c2C)c([2H])c1[2H]. The highest BCUT2D eigenvalue weighted by atomic mass is 14.1. The summed E-state index contributed by atoms with van der Waals surface area (Å²) in [6, 6.07) is 0.834. The van der Waals surface area contributed by atoms with Crippen molar-refractivity contribution in [1.29, 1.82) is 0 Å². The van der Waals surface area contributed by atoms with Gasteiger partial charge in [0.25, 0.3) is 0 Å². The van der Waals surface area contributed by atoms with Crippen LogP contribution in [0, 0.1) is 12.8 Å². The first-order chi connectivity index (χ1) is 13.8.